The van der Waals surface area contributed by atoms with E-state index in [0.717, 1.165) is 6.07 Å². The number of hydrogen-bond donors (Lipinski definition) is 3. The highest BCUT2D eigenvalue weighted by molar-refractivity contribution is 6.04. The Hall–Kier alpha value is -4.22. The number of hydrogen-bond acceptors (Lipinski definition) is 5. The Bertz CT molecular complexity index is 1230. The maximum Gasteiger partial charge on any atom is 0.442 e. The number of aromatic nitrogens is 2. The number of alkyl halides is 3. The van der Waals surface area contributed by atoms with Crippen LogP contribution in [0.2, 0.25) is 0 Å². The second kappa shape index (κ2) is 7.48. The van der Waals surface area contributed by atoms with E-state index < -0.39 is 23.8 Å². The number of nitrogens with zero attached hydrogens (tertiary/aromatic N) is 4. The van der Waals surface area contributed by atoms with E-state index in [-0.39, 0.29) is 11.1 Å². The van der Waals surface area contributed by atoms with Crippen molar-refractivity contribution < 1.29 is 27.9 Å². The monoisotopic (exact) mass is 444 g/mol. The molecule has 2 amide bonds. The molecule has 0 spiro atoms. The molecule has 1 aliphatic heterocycles. The third-order valence-corrected chi connectivity index (χ3v) is 4.78. The summed E-state index contributed by atoms with van der Waals surface area (Å²) in [4.78, 5) is 23.3. The number of rotatable bonds is 5. The molecule has 3 N–H and O–H groups in total. The highest BCUT2D eigenvalue weighted by Crippen LogP contribution is 2.52. The van der Waals surface area contributed by atoms with Crippen LogP contribution >= 0.6 is 0 Å². The van der Waals surface area contributed by atoms with Crippen LogP contribution in [0.25, 0.3) is 11.3 Å². The Morgan fingerprint density at radius 3 is 2.31 bits per heavy atom. The van der Waals surface area contributed by atoms with Crippen LogP contribution in [-0.4, -0.2) is 33.1 Å². The zero-order valence-corrected chi connectivity index (χ0v) is 16.4. The van der Waals surface area contributed by atoms with Gasteiger partial charge >= 0.3 is 17.9 Å². The molecule has 0 bridgehead atoms. The van der Waals surface area contributed by atoms with Crippen molar-refractivity contribution in [1.29, 1.82) is 0 Å². The van der Waals surface area contributed by atoms with Gasteiger partial charge < -0.3 is 10.4 Å². The van der Waals surface area contributed by atoms with Crippen LogP contribution in [0, 0.1) is 0 Å². The zero-order chi connectivity index (χ0) is 23.1. The molecule has 12 heteroatoms. The fourth-order valence-corrected chi connectivity index (χ4v) is 3.08. The van der Waals surface area contributed by atoms with Crippen LogP contribution in [0.3, 0.4) is 0 Å². The first-order valence-corrected chi connectivity index (χ1v) is 9.16. The standard InChI is InChI=1S/C20H15F3N6O3/c1-29-16(10-15(26-29)11-5-7-14(8-6-11)24-18(31)32)25-17(30)12-3-2-4-13(9-12)19(27-28-19)20(21,22)23/h2-10,24H,1H3,(H,25,30)(H,31,32). The Balaban J connectivity index is 1.52. The van der Waals surface area contributed by atoms with Gasteiger partial charge in [-0.2, -0.15) is 18.3 Å². The Kier molecular flexibility index (Phi) is 4.92. The molecule has 0 unspecified atom stereocenters. The average Bonchev–Trinajstić information content (AvgIpc) is 3.48. The Morgan fingerprint density at radius 2 is 1.72 bits per heavy atom. The number of carboxylic acid groups (broad SMARTS) is 1. The summed E-state index contributed by atoms with van der Waals surface area (Å²) in [6.07, 6.45) is -5.87. The van der Waals surface area contributed by atoms with Crippen molar-refractivity contribution in [3.63, 3.8) is 0 Å². The van der Waals surface area contributed by atoms with E-state index in [2.05, 4.69) is 26.0 Å². The van der Waals surface area contributed by atoms with E-state index in [1.54, 1.807) is 37.4 Å². The zero-order valence-electron chi connectivity index (χ0n) is 16.4. The molecule has 164 valence electrons. The number of aryl methyl sites for hydroxylation is 1. The molecule has 0 saturated carbocycles. The molecule has 0 fully saturated rings. The van der Waals surface area contributed by atoms with Gasteiger partial charge in [0.2, 0.25) is 0 Å². The summed E-state index contributed by atoms with van der Waals surface area (Å²) in [5.41, 5.74) is -1.27. The van der Waals surface area contributed by atoms with Crippen molar-refractivity contribution in [1.82, 2.24) is 9.78 Å². The molecule has 9 nitrogen and oxygen atoms in total. The number of carbonyl (C=O) groups excluding carboxylic acids is 1. The van der Waals surface area contributed by atoms with E-state index in [9.17, 15) is 22.8 Å². The average molecular weight is 444 g/mol. The van der Waals surface area contributed by atoms with Gasteiger partial charge in [-0.15, -0.1) is 10.2 Å². The van der Waals surface area contributed by atoms with Crippen LogP contribution in [0.5, 0.6) is 0 Å². The molecular weight excluding hydrogens is 429 g/mol. The van der Waals surface area contributed by atoms with Crippen LogP contribution < -0.4 is 10.6 Å². The summed E-state index contributed by atoms with van der Waals surface area (Å²) in [6, 6.07) is 13.1. The summed E-state index contributed by atoms with van der Waals surface area (Å²) in [5.74, 6) is -0.310. The Morgan fingerprint density at radius 1 is 1.03 bits per heavy atom. The van der Waals surface area contributed by atoms with Crippen molar-refractivity contribution in [3.8, 4) is 11.3 Å². The molecule has 1 aliphatic rings. The van der Waals surface area contributed by atoms with E-state index in [0.29, 0.717) is 22.8 Å². The van der Waals surface area contributed by atoms with Crippen molar-refractivity contribution >= 4 is 23.5 Å². The maximum absolute atomic E-state index is 13.2. The third-order valence-electron chi connectivity index (χ3n) is 4.78. The minimum Gasteiger partial charge on any atom is -0.465 e. The number of anilines is 2. The van der Waals surface area contributed by atoms with Crippen molar-refractivity contribution in [2.75, 3.05) is 10.6 Å². The summed E-state index contributed by atoms with van der Waals surface area (Å²) >= 11 is 0. The molecule has 1 aromatic heterocycles. The minimum absolute atomic E-state index is 0.00951. The maximum atomic E-state index is 13.2. The quantitative estimate of drug-likeness (QED) is 0.532. The predicted molar refractivity (Wildman–Crippen MR) is 107 cm³/mol. The smallest absolute Gasteiger partial charge is 0.442 e. The molecule has 32 heavy (non-hydrogen) atoms. The summed E-state index contributed by atoms with van der Waals surface area (Å²) in [7, 11) is 1.59. The van der Waals surface area contributed by atoms with E-state index >= 15 is 0 Å². The molecular formula is C20H15F3N6O3. The fraction of sp³-hybridized carbons (Fsp3) is 0.150. The van der Waals surface area contributed by atoms with Gasteiger partial charge in [0.25, 0.3) is 5.91 Å². The fourth-order valence-electron chi connectivity index (χ4n) is 3.08. The molecule has 0 aliphatic carbocycles. The third kappa shape index (κ3) is 3.89. The summed E-state index contributed by atoms with van der Waals surface area (Å²) < 4.78 is 41.1. The second-order valence-corrected chi connectivity index (χ2v) is 6.95. The summed E-state index contributed by atoms with van der Waals surface area (Å²) in [5, 5.41) is 24.2. The first-order valence-electron chi connectivity index (χ1n) is 9.16. The molecule has 0 radical (unpaired) electrons. The first-order chi connectivity index (χ1) is 15.1. The number of amides is 2. The number of benzene rings is 2. The largest absolute Gasteiger partial charge is 0.465 e. The highest BCUT2D eigenvalue weighted by atomic mass is 19.4. The van der Waals surface area contributed by atoms with Gasteiger partial charge in [-0.05, 0) is 24.3 Å². The molecule has 0 saturated heterocycles. The van der Waals surface area contributed by atoms with Crippen LogP contribution in [0.4, 0.5) is 29.5 Å². The van der Waals surface area contributed by atoms with Gasteiger partial charge in [-0.25, -0.2) is 4.79 Å². The molecule has 2 heterocycles. The second-order valence-electron chi connectivity index (χ2n) is 6.95. The van der Waals surface area contributed by atoms with Crippen LogP contribution in [0.15, 0.2) is 64.8 Å². The van der Waals surface area contributed by atoms with Gasteiger partial charge in [-0.1, -0.05) is 24.3 Å². The van der Waals surface area contributed by atoms with Crippen LogP contribution in [-0.2, 0) is 12.7 Å². The van der Waals surface area contributed by atoms with Gasteiger partial charge in [0, 0.05) is 35.5 Å². The first kappa shape index (κ1) is 21.0. The Labute approximate surface area is 178 Å². The van der Waals surface area contributed by atoms with Gasteiger partial charge in [0.05, 0.1) is 5.69 Å². The van der Waals surface area contributed by atoms with E-state index in [4.69, 9.17) is 5.11 Å². The van der Waals surface area contributed by atoms with E-state index in [1.807, 2.05) is 0 Å². The van der Waals surface area contributed by atoms with Crippen molar-refractivity contribution in [2.45, 2.75) is 11.8 Å². The normalized spacial score (nSPS) is 14.1. The van der Waals surface area contributed by atoms with Gasteiger partial charge in [0.1, 0.15) is 5.82 Å². The predicted octanol–water partition coefficient (Wildman–Crippen LogP) is 4.61. The molecule has 4 rings (SSSR count). The van der Waals surface area contributed by atoms with Crippen molar-refractivity contribution in [2.24, 2.45) is 17.3 Å². The summed E-state index contributed by atoms with van der Waals surface area (Å²) in [6.45, 7) is 0. The molecule has 0 atom stereocenters. The lowest BCUT2D eigenvalue weighted by molar-refractivity contribution is -0.166. The minimum atomic E-state index is -4.69. The number of halogens is 3. The lowest BCUT2D eigenvalue weighted by Gasteiger charge is -2.15. The highest BCUT2D eigenvalue weighted by Gasteiger charge is 2.65. The van der Waals surface area contributed by atoms with E-state index in [1.165, 1.54) is 22.9 Å². The van der Waals surface area contributed by atoms with Gasteiger partial charge in [0.15, 0.2) is 0 Å². The SMILES string of the molecule is Cn1nc(-c2ccc(NC(=O)O)cc2)cc1NC(=O)c1cccc(C2(C(F)(F)F)N=N2)c1. The molecule has 2 aromatic carbocycles. The number of nitrogens with one attached hydrogen (secondary N) is 2. The topological polar surface area (TPSA) is 121 Å². The van der Waals surface area contributed by atoms with Crippen LogP contribution in [0.1, 0.15) is 15.9 Å². The lowest BCUT2D eigenvalue weighted by Crippen LogP contribution is -2.30. The number of carbonyl (C=O) groups is 2. The lowest BCUT2D eigenvalue weighted by atomic mass is 10.00. The van der Waals surface area contributed by atoms with Gasteiger partial charge in [-0.3, -0.25) is 14.8 Å². The van der Waals surface area contributed by atoms with Crippen molar-refractivity contribution in [3.05, 3.63) is 65.7 Å². The molecule has 3 aromatic rings.